The van der Waals surface area contributed by atoms with Gasteiger partial charge in [0.25, 0.3) is 0 Å². The first-order valence-electron chi connectivity index (χ1n) is 6.93. The predicted molar refractivity (Wildman–Crippen MR) is 91.6 cm³/mol. The van der Waals surface area contributed by atoms with Crippen LogP contribution in [0.25, 0.3) is 0 Å². The molecule has 1 N–H and O–H groups in total. The van der Waals surface area contributed by atoms with E-state index in [1.54, 1.807) is 24.4 Å². The van der Waals surface area contributed by atoms with Crippen molar-refractivity contribution in [2.24, 2.45) is 0 Å². The molecule has 118 valence electrons. The Bertz CT molecular complexity index is 619. The van der Waals surface area contributed by atoms with E-state index in [2.05, 4.69) is 10.4 Å². The molecule has 1 aromatic heterocycles. The second-order valence-corrected chi connectivity index (χ2v) is 6.97. The van der Waals surface area contributed by atoms with Crippen molar-refractivity contribution in [1.29, 1.82) is 0 Å². The van der Waals surface area contributed by atoms with E-state index in [0.717, 1.165) is 17.9 Å². The lowest BCUT2D eigenvalue weighted by atomic mass is 10.4. The van der Waals surface area contributed by atoms with Gasteiger partial charge in [-0.05, 0) is 37.6 Å². The van der Waals surface area contributed by atoms with Gasteiger partial charge in [0.2, 0.25) is 5.91 Å². The zero-order valence-corrected chi connectivity index (χ0v) is 14.5. The Hall–Kier alpha value is -1.17. The maximum absolute atomic E-state index is 12.1. The Morgan fingerprint density at radius 1 is 1.45 bits per heavy atom. The summed E-state index contributed by atoms with van der Waals surface area (Å²) in [6.45, 7) is 3.26. The van der Waals surface area contributed by atoms with Gasteiger partial charge in [-0.1, -0.05) is 23.2 Å². The lowest BCUT2D eigenvalue weighted by Crippen LogP contribution is -2.32. The van der Waals surface area contributed by atoms with Gasteiger partial charge in [-0.2, -0.15) is 5.10 Å². The van der Waals surface area contributed by atoms with Crippen molar-refractivity contribution in [3.05, 3.63) is 46.7 Å². The first-order valence-corrected chi connectivity index (χ1v) is 8.56. The molecule has 1 amide bonds. The minimum Gasteiger partial charge on any atom is -0.355 e. The van der Waals surface area contributed by atoms with E-state index in [1.165, 1.54) is 11.8 Å². The van der Waals surface area contributed by atoms with Gasteiger partial charge in [-0.3, -0.25) is 9.48 Å². The molecule has 2 aromatic rings. The van der Waals surface area contributed by atoms with Crippen LogP contribution in [0.1, 0.15) is 13.3 Å². The van der Waals surface area contributed by atoms with Gasteiger partial charge in [0, 0.05) is 35.4 Å². The third-order valence-corrected chi connectivity index (χ3v) is 4.82. The summed E-state index contributed by atoms with van der Waals surface area (Å²) >= 11 is 13.5. The van der Waals surface area contributed by atoms with Crippen LogP contribution in [0.3, 0.4) is 0 Å². The molecule has 0 saturated heterocycles. The maximum atomic E-state index is 12.1. The largest absolute Gasteiger partial charge is 0.355 e. The maximum Gasteiger partial charge on any atom is 0.233 e. The van der Waals surface area contributed by atoms with Gasteiger partial charge in [-0.15, -0.1) is 11.8 Å². The van der Waals surface area contributed by atoms with Crippen molar-refractivity contribution in [3.63, 3.8) is 0 Å². The topological polar surface area (TPSA) is 46.9 Å². The Morgan fingerprint density at radius 2 is 2.27 bits per heavy atom. The summed E-state index contributed by atoms with van der Waals surface area (Å²) in [7, 11) is 0. The van der Waals surface area contributed by atoms with Crippen LogP contribution in [-0.2, 0) is 11.3 Å². The molecule has 0 fully saturated rings. The first kappa shape index (κ1) is 17.2. The van der Waals surface area contributed by atoms with Crippen molar-refractivity contribution in [1.82, 2.24) is 15.1 Å². The number of amides is 1. The molecule has 0 aliphatic heterocycles. The molecule has 7 heteroatoms. The van der Waals surface area contributed by atoms with Crippen molar-refractivity contribution < 1.29 is 4.79 Å². The lowest BCUT2D eigenvalue weighted by molar-refractivity contribution is -0.120. The van der Waals surface area contributed by atoms with Gasteiger partial charge in [0.1, 0.15) is 0 Å². The molecule has 0 aliphatic carbocycles. The van der Waals surface area contributed by atoms with Crippen LogP contribution < -0.4 is 5.32 Å². The van der Waals surface area contributed by atoms with E-state index >= 15 is 0 Å². The van der Waals surface area contributed by atoms with Crippen LogP contribution in [0.5, 0.6) is 0 Å². The standard InChI is InChI=1S/C15H17Cl2N3OS/c1-11(22-14-10-12(16)4-5-13(14)17)15(21)18-6-2-8-20-9-3-7-19-20/h3-5,7,9-11H,2,6,8H2,1H3,(H,18,21)/t11-/m1/s1. The summed E-state index contributed by atoms with van der Waals surface area (Å²) in [4.78, 5) is 12.9. The third-order valence-electron chi connectivity index (χ3n) is 2.99. The van der Waals surface area contributed by atoms with Crippen molar-refractivity contribution in [2.45, 2.75) is 30.0 Å². The third kappa shape index (κ3) is 5.23. The summed E-state index contributed by atoms with van der Waals surface area (Å²) in [5.74, 6) is -0.0125. The van der Waals surface area contributed by atoms with E-state index < -0.39 is 0 Å². The number of nitrogens with zero attached hydrogens (tertiary/aromatic N) is 2. The van der Waals surface area contributed by atoms with Crippen LogP contribution in [0, 0.1) is 0 Å². The van der Waals surface area contributed by atoms with Crippen LogP contribution in [0.15, 0.2) is 41.6 Å². The molecular weight excluding hydrogens is 341 g/mol. The fourth-order valence-corrected chi connectivity index (χ4v) is 3.28. The number of benzene rings is 1. The molecule has 1 heterocycles. The molecule has 2 rings (SSSR count). The number of carbonyl (C=O) groups excluding carboxylic acids is 1. The Kier molecular flexibility index (Phi) is 6.61. The molecule has 0 bridgehead atoms. The summed E-state index contributed by atoms with van der Waals surface area (Å²) in [5.41, 5.74) is 0. The second-order valence-electron chi connectivity index (χ2n) is 4.75. The van der Waals surface area contributed by atoms with Crippen LogP contribution in [0.4, 0.5) is 0 Å². The molecule has 22 heavy (non-hydrogen) atoms. The first-order chi connectivity index (χ1) is 10.6. The summed E-state index contributed by atoms with van der Waals surface area (Å²) in [6, 6.07) is 7.12. The van der Waals surface area contributed by atoms with E-state index in [1.807, 2.05) is 23.9 Å². The monoisotopic (exact) mass is 357 g/mol. The summed E-state index contributed by atoms with van der Waals surface area (Å²) in [6.07, 6.45) is 4.48. The number of hydrogen-bond acceptors (Lipinski definition) is 3. The highest BCUT2D eigenvalue weighted by Crippen LogP contribution is 2.32. The quantitative estimate of drug-likeness (QED) is 0.604. The zero-order chi connectivity index (χ0) is 15.9. The number of thioether (sulfide) groups is 1. The van der Waals surface area contributed by atoms with Crippen LogP contribution in [0.2, 0.25) is 10.0 Å². The summed E-state index contributed by atoms with van der Waals surface area (Å²) in [5, 5.41) is 8.02. The van der Waals surface area contributed by atoms with Gasteiger partial charge < -0.3 is 5.32 Å². The second kappa shape index (κ2) is 8.46. The number of aromatic nitrogens is 2. The van der Waals surface area contributed by atoms with Gasteiger partial charge in [0.05, 0.1) is 10.3 Å². The molecule has 0 aliphatic rings. The predicted octanol–water partition coefficient (Wildman–Crippen LogP) is 3.88. The van der Waals surface area contributed by atoms with Gasteiger partial charge in [-0.25, -0.2) is 0 Å². The highest BCUT2D eigenvalue weighted by atomic mass is 35.5. The van der Waals surface area contributed by atoms with Crippen molar-refractivity contribution >= 4 is 40.9 Å². The molecule has 0 spiro atoms. The normalized spacial score (nSPS) is 12.1. The summed E-state index contributed by atoms with van der Waals surface area (Å²) < 4.78 is 1.84. The number of aryl methyl sites for hydroxylation is 1. The van der Waals surface area contributed by atoms with E-state index in [4.69, 9.17) is 23.2 Å². The van der Waals surface area contributed by atoms with E-state index in [0.29, 0.717) is 16.6 Å². The average Bonchev–Trinajstić information content (AvgIpc) is 3.00. The van der Waals surface area contributed by atoms with E-state index in [9.17, 15) is 4.79 Å². The molecular formula is C15H17Cl2N3OS. The molecule has 0 radical (unpaired) electrons. The molecule has 1 aromatic carbocycles. The highest BCUT2D eigenvalue weighted by molar-refractivity contribution is 8.00. The highest BCUT2D eigenvalue weighted by Gasteiger charge is 2.15. The Labute approximate surface area is 144 Å². The fourth-order valence-electron chi connectivity index (χ4n) is 1.84. The average molecular weight is 358 g/mol. The number of hydrogen-bond donors (Lipinski definition) is 1. The van der Waals surface area contributed by atoms with Crippen LogP contribution in [-0.4, -0.2) is 27.5 Å². The minimum atomic E-state index is -0.235. The van der Waals surface area contributed by atoms with E-state index in [-0.39, 0.29) is 11.2 Å². The number of carbonyl (C=O) groups is 1. The van der Waals surface area contributed by atoms with Crippen LogP contribution >= 0.6 is 35.0 Å². The number of halogens is 2. The van der Waals surface area contributed by atoms with Crippen molar-refractivity contribution in [2.75, 3.05) is 6.54 Å². The molecule has 1 atom stereocenters. The molecule has 4 nitrogen and oxygen atoms in total. The lowest BCUT2D eigenvalue weighted by Gasteiger charge is -2.13. The Morgan fingerprint density at radius 3 is 3.00 bits per heavy atom. The fraction of sp³-hybridized carbons (Fsp3) is 0.333. The van der Waals surface area contributed by atoms with Gasteiger partial charge in [0.15, 0.2) is 0 Å². The number of rotatable bonds is 7. The molecule has 0 saturated carbocycles. The smallest absolute Gasteiger partial charge is 0.233 e. The SMILES string of the molecule is C[C@@H](Sc1cc(Cl)ccc1Cl)C(=O)NCCCn1cccn1. The minimum absolute atomic E-state index is 0.0125. The Balaban J connectivity index is 1.75. The zero-order valence-electron chi connectivity index (χ0n) is 12.1. The van der Waals surface area contributed by atoms with Gasteiger partial charge >= 0.3 is 0 Å². The molecule has 0 unspecified atom stereocenters. The van der Waals surface area contributed by atoms with Crippen molar-refractivity contribution in [3.8, 4) is 0 Å². The number of nitrogens with one attached hydrogen (secondary N) is 1.